The minimum Gasteiger partial charge on any atom is -0.363 e. The number of halogens is 1. The maximum absolute atomic E-state index is 14.1. The van der Waals surface area contributed by atoms with Crippen molar-refractivity contribution in [2.45, 2.75) is 51.1 Å². The first-order chi connectivity index (χ1) is 9.10. The zero-order chi connectivity index (χ0) is 13.5. The Bertz CT molecular complexity index is 466. The SMILES string of the molecule is Cc1ccc(F)c(N2CC3(CCCC3)NCC2C)c1. The minimum atomic E-state index is -0.0903. The number of hydrogen-bond acceptors (Lipinski definition) is 2. The lowest BCUT2D eigenvalue weighted by molar-refractivity contribution is 0.275. The summed E-state index contributed by atoms with van der Waals surface area (Å²) in [6.45, 7) is 6.10. The average molecular weight is 262 g/mol. The van der Waals surface area contributed by atoms with Crippen molar-refractivity contribution in [3.63, 3.8) is 0 Å². The molecule has 1 spiro atoms. The number of nitrogens with one attached hydrogen (secondary N) is 1. The highest BCUT2D eigenvalue weighted by atomic mass is 19.1. The quantitative estimate of drug-likeness (QED) is 0.836. The summed E-state index contributed by atoms with van der Waals surface area (Å²) in [6.07, 6.45) is 5.05. The molecule has 0 bridgehead atoms. The zero-order valence-corrected chi connectivity index (χ0v) is 11.9. The van der Waals surface area contributed by atoms with E-state index in [9.17, 15) is 4.39 Å². The Morgan fingerprint density at radius 3 is 2.79 bits per heavy atom. The van der Waals surface area contributed by atoms with Crippen LogP contribution in [0.5, 0.6) is 0 Å². The second-order valence-electron chi connectivity index (χ2n) is 6.30. The van der Waals surface area contributed by atoms with Crippen LogP contribution in [0.25, 0.3) is 0 Å². The van der Waals surface area contributed by atoms with Gasteiger partial charge < -0.3 is 10.2 Å². The van der Waals surface area contributed by atoms with Crippen LogP contribution in [-0.4, -0.2) is 24.7 Å². The van der Waals surface area contributed by atoms with Gasteiger partial charge in [0.1, 0.15) is 5.82 Å². The fourth-order valence-corrected chi connectivity index (χ4v) is 3.56. The maximum Gasteiger partial charge on any atom is 0.146 e. The van der Waals surface area contributed by atoms with E-state index in [1.165, 1.54) is 25.7 Å². The van der Waals surface area contributed by atoms with E-state index in [0.29, 0.717) is 6.04 Å². The summed E-state index contributed by atoms with van der Waals surface area (Å²) in [5.41, 5.74) is 2.13. The number of rotatable bonds is 1. The largest absolute Gasteiger partial charge is 0.363 e. The summed E-state index contributed by atoms with van der Waals surface area (Å²) in [5, 5.41) is 3.71. The number of hydrogen-bond donors (Lipinski definition) is 1. The molecule has 1 atom stereocenters. The monoisotopic (exact) mass is 262 g/mol. The molecule has 1 N–H and O–H groups in total. The van der Waals surface area contributed by atoms with Crippen molar-refractivity contribution in [1.82, 2.24) is 5.32 Å². The van der Waals surface area contributed by atoms with E-state index in [2.05, 4.69) is 17.1 Å². The molecule has 3 heteroatoms. The van der Waals surface area contributed by atoms with Gasteiger partial charge in [-0.2, -0.15) is 0 Å². The number of piperazine rings is 1. The molecule has 1 aliphatic carbocycles. The van der Waals surface area contributed by atoms with Crippen LogP contribution in [-0.2, 0) is 0 Å². The lowest BCUT2D eigenvalue weighted by Gasteiger charge is -2.46. The molecule has 1 unspecified atom stereocenters. The first-order valence-electron chi connectivity index (χ1n) is 7.37. The summed E-state index contributed by atoms with van der Waals surface area (Å²) >= 11 is 0. The van der Waals surface area contributed by atoms with E-state index in [1.54, 1.807) is 6.07 Å². The van der Waals surface area contributed by atoms with E-state index in [1.807, 2.05) is 19.1 Å². The first-order valence-corrected chi connectivity index (χ1v) is 7.37. The molecule has 0 aromatic heterocycles. The summed E-state index contributed by atoms with van der Waals surface area (Å²) < 4.78 is 14.1. The minimum absolute atomic E-state index is 0.0903. The van der Waals surface area contributed by atoms with Gasteiger partial charge in [-0.1, -0.05) is 18.9 Å². The molecule has 1 aromatic carbocycles. The Kier molecular flexibility index (Phi) is 3.25. The van der Waals surface area contributed by atoms with Crippen molar-refractivity contribution < 1.29 is 4.39 Å². The van der Waals surface area contributed by atoms with E-state index < -0.39 is 0 Å². The molecule has 1 saturated heterocycles. The molecule has 0 amide bonds. The standard InChI is InChI=1S/C16H23FN2/c1-12-5-6-14(17)15(9-12)19-11-16(7-3-4-8-16)18-10-13(19)2/h5-6,9,13,18H,3-4,7-8,10-11H2,1-2H3. The lowest BCUT2D eigenvalue weighted by Crippen LogP contribution is -2.62. The van der Waals surface area contributed by atoms with Gasteiger partial charge in [-0.3, -0.25) is 0 Å². The molecule has 19 heavy (non-hydrogen) atoms. The molecule has 0 radical (unpaired) electrons. The smallest absolute Gasteiger partial charge is 0.146 e. The molecular formula is C16H23FN2. The third kappa shape index (κ3) is 2.36. The highest BCUT2D eigenvalue weighted by Crippen LogP contribution is 2.35. The molecule has 1 aromatic rings. The van der Waals surface area contributed by atoms with Crippen molar-refractivity contribution in [2.24, 2.45) is 0 Å². The molecule has 2 fully saturated rings. The highest BCUT2D eigenvalue weighted by Gasteiger charge is 2.40. The topological polar surface area (TPSA) is 15.3 Å². The van der Waals surface area contributed by atoms with Gasteiger partial charge in [-0.05, 0) is 44.4 Å². The Morgan fingerprint density at radius 2 is 2.05 bits per heavy atom. The third-order valence-corrected chi connectivity index (χ3v) is 4.75. The third-order valence-electron chi connectivity index (χ3n) is 4.75. The van der Waals surface area contributed by atoms with Gasteiger partial charge in [0.2, 0.25) is 0 Å². The van der Waals surface area contributed by atoms with Gasteiger partial charge >= 0.3 is 0 Å². The Morgan fingerprint density at radius 1 is 1.32 bits per heavy atom. The molecule has 104 valence electrons. The van der Waals surface area contributed by atoms with Crippen LogP contribution in [0.2, 0.25) is 0 Å². The second-order valence-corrected chi connectivity index (χ2v) is 6.30. The van der Waals surface area contributed by atoms with Crippen molar-refractivity contribution >= 4 is 5.69 Å². The van der Waals surface area contributed by atoms with Gasteiger partial charge in [0.25, 0.3) is 0 Å². The van der Waals surface area contributed by atoms with E-state index in [0.717, 1.165) is 24.3 Å². The van der Waals surface area contributed by atoms with E-state index >= 15 is 0 Å². The fourth-order valence-electron chi connectivity index (χ4n) is 3.56. The number of nitrogens with zero attached hydrogens (tertiary/aromatic N) is 1. The predicted molar refractivity (Wildman–Crippen MR) is 77.1 cm³/mol. The normalized spacial score (nSPS) is 26.1. The van der Waals surface area contributed by atoms with Gasteiger partial charge in [0.05, 0.1) is 5.69 Å². The molecule has 1 aliphatic heterocycles. The highest BCUT2D eigenvalue weighted by molar-refractivity contribution is 5.52. The number of aryl methyl sites for hydroxylation is 1. The van der Waals surface area contributed by atoms with Crippen molar-refractivity contribution in [3.05, 3.63) is 29.6 Å². The zero-order valence-electron chi connectivity index (χ0n) is 11.9. The predicted octanol–water partition coefficient (Wildman–Crippen LogP) is 3.25. The van der Waals surface area contributed by atoms with Gasteiger partial charge in [-0.25, -0.2) is 4.39 Å². The Labute approximate surface area is 115 Å². The van der Waals surface area contributed by atoms with Crippen LogP contribution in [0, 0.1) is 12.7 Å². The number of anilines is 1. The first kappa shape index (κ1) is 12.9. The molecule has 3 rings (SSSR count). The van der Waals surface area contributed by atoms with Crippen LogP contribution < -0.4 is 10.2 Å². The van der Waals surface area contributed by atoms with Crippen LogP contribution in [0.4, 0.5) is 10.1 Å². The lowest BCUT2D eigenvalue weighted by atomic mass is 9.92. The van der Waals surface area contributed by atoms with E-state index in [4.69, 9.17) is 0 Å². The Hall–Kier alpha value is -1.09. The van der Waals surface area contributed by atoms with Crippen LogP contribution in [0.1, 0.15) is 38.2 Å². The van der Waals surface area contributed by atoms with Crippen molar-refractivity contribution in [1.29, 1.82) is 0 Å². The summed E-state index contributed by atoms with van der Waals surface area (Å²) in [7, 11) is 0. The molecule has 2 nitrogen and oxygen atoms in total. The summed E-state index contributed by atoms with van der Waals surface area (Å²) in [4.78, 5) is 2.27. The maximum atomic E-state index is 14.1. The fraction of sp³-hybridized carbons (Fsp3) is 0.625. The van der Waals surface area contributed by atoms with E-state index in [-0.39, 0.29) is 11.4 Å². The number of benzene rings is 1. The molecule has 1 heterocycles. The van der Waals surface area contributed by atoms with Gasteiger partial charge in [-0.15, -0.1) is 0 Å². The molecule has 2 aliphatic rings. The average Bonchev–Trinajstić information content (AvgIpc) is 2.84. The second kappa shape index (κ2) is 4.78. The van der Waals surface area contributed by atoms with Gasteiger partial charge in [0.15, 0.2) is 0 Å². The van der Waals surface area contributed by atoms with Crippen LogP contribution in [0.15, 0.2) is 18.2 Å². The Balaban J connectivity index is 1.91. The molecular weight excluding hydrogens is 239 g/mol. The van der Waals surface area contributed by atoms with Crippen molar-refractivity contribution in [2.75, 3.05) is 18.0 Å². The van der Waals surface area contributed by atoms with Gasteiger partial charge in [0, 0.05) is 24.7 Å². The summed E-state index contributed by atoms with van der Waals surface area (Å²) in [6, 6.07) is 5.78. The summed E-state index contributed by atoms with van der Waals surface area (Å²) in [5.74, 6) is -0.0903. The van der Waals surface area contributed by atoms with Crippen LogP contribution in [0.3, 0.4) is 0 Å². The van der Waals surface area contributed by atoms with Crippen LogP contribution >= 0.6 is 0 Å². The molecule has 1 saturated carbocycles. The van der Waals surface area contributed by atoms with Crippen molar-refractivity contribution in [3.8, 4) is 0 Å².